The average molecular weight is 347 g/mol. The van der Waals surface area contributed by atoms with Crippen LogP contribution in [-0.4, -0.2) is 16.0 Å². The molecule has 0 aromatic heterocycles. The summed E-state index contributed by atoms with van der Waals surface area (Å²) in [6.07, 6.45) is 9.23. The lowest BCUT2D eigenvalue weighted by atomic mass is 9.51. The van der Waals surface area contributed by atoms with Gasteiger partial charge in [0.15, 0.2) is 0 Å². The van der Waals surface area contributed by atoms with Crippen LogP contribution in [0.1, 0.15) is 45.4 Å². The second kappa shape index (κ2) is 6.06. The van der Waals surface area contributed by atoms with E-state index in [0.717, 1.165) is 23.7 Å². The number of halogens is 2. The van der Waals surface area contributed by atoms with Crippen molar-refractivity contribution >= 4 is 41.8 Å². The van der Waals surface area contributed by atoms with Gasteiger partial charge in [-0.2, -0.15) is 0 Å². The molecule has 4 saturated carbocycles. The van der Waals surface area contributed by atoms with Gasteiger partial charge >= 0.3 is 16.0 Å². The number of hydrogen-bond donors (Lipinski definition) is 0. The van der Waals surface area contributed by atoms with Crippen LogP contribution in [0.3, 0.4) is 0 Å². The van der Waals surface area contributed by atoms with Gasteiger partial charge < -0.3 is 0 Å². The van der Waals surface area contributed by atoms with Crippen molar-refractivity contribution < 1.29 is 0 Å². The lowest BCUT2D eigenvalue weighted by Gasteiger charge is -2.54. The molecule has 0 unspecified atom stereocenters. The van der Waals surface area contributed by atoms with Gasteiger partial charge in [0.25, 0.3) is 0 Å². The van der Waals surface area contributed by atoms with Gasteiger partial charge in [0.05, 0.1) is 0 Å². The summed E-state index contributed by atoms with van der Waals surface area (Å²) in [5.41, 5.74) is 0. The Kier molecular flexibility index (Phi) is 5.32. The zero-order chi connectivity index (χ0) is 10.8. The molecule has 0 aromatic carbocycles. The first-order chi connectivity index (χ1) is 7.28. The third-order valence-electron chi connectivity index (χ3n) is 4.60. The number of hydrogen-bond acceptors (Lipinski definition) is 0. The van der Waals surface area contributed by atoms with E-state index in [-0.39, 0.29) is 16.0 Å². The van der Waals surface area contributed by atoms with Gasteiger partial charge in [0, 0.05) is 0 Å². The minimum atomic E-state index is 0.0417. The average Bonchev–Trinajstić information content (AvgIpc) is 2.17. The zero-order valence-corrected chi connectivity index (χ0v) is 14.1. The van der Waals surface area contributed by atoms with E-state index < -0.39 is 0 Å². The topological polar surface area (TPSA) is 0 Å². The fraction of sp³-hybridized carbons (Fsp3) is 0.917. The zero-order valence-electron chi connectivity index (χ0n) is 9.52. The van der Waals surface area contributed by atoms with Gasteiger partial charge in [-0.15, -0.1) is 0 Å². The van der Waals surface area contributed by atoms with E-state index in [1.165, 1.54) is 6.42 Å². The minimum absolute atomic E-state index is 0.0417. The van der Waals surface area contributed by atoms with Crippen LogP contribution in [0.2, 0.25) is 0 Å². The van der Waals surface area contributed by atoms with Crippen LogP contribution in [0.5, 0.6) is 0 Å². The van der Waals surface area contributed by atoms with Crippen LogP contribution < -0.4 is 0 Å². The van der Waals surface area contributed by atoms with E-state index in [2.05, 4.69) is 32.7 Å². The maximum absolute atomic E-state index is 3.20. The van der Waals surface area contributed by atoms with E-state index >= 15 is 0 Å². The first kappa shape index (κ1) is 13.2. The third-order valence-corrected chi connectivity index (χ3v) is 4.60. The Hall–Kier alpha value is 1.73. The predicted octanol–water partition coefficient (Wildman–Crippen LogP) is 4.74. The summed E-state index contributed by atoms with van der Waals surface area (Å²) in [6.45, 7) is 2.37. The molecule has 0 N–H and O–H groups in total. The molecule has 4 fully saturated rings. The van der Waals surface area contributed by atoms with Crippen molar-refractivity contribution in [1.29, 1.82) is 0 Å². The smallest absolute Gasteiger partial charge is 0.280 e. The lowest BCUT2D eigenvalue weighted by Crippen LogP contribution is -2.43. The first-order valence-corrected chi connectivity index (χ1v) is 14.1. The molecule has 4 bridgehead atoms. The van der Waals surface area contributed by atoms with Gasteiger partial charge in [-0.1, -0.05) is 6.92 Å². The molecule has 15 heavy (non-hydrogen) atoms. The molecule has 0 saturated heterocycles. The molecule has 0 nitrogen and oxygen atoms in total. The second-order valence-corrected chi connectivity index (χ2v) is 13.4. The fourth-order valence-electron chi connectivity index (χ4n) is 4.37. The van der Waals surface area contributed by atoms with Gasteiger partial charge in [0.1, 0.15) is 0 Å². The molecule has 0 amide bonds. The van der Waals surface area contributed by atoms with E-state index in [4.69, 9.17) is 0 Å². The van der Waals surface area contributed by atoms with Crippen LogP contribution in [0, 0.1) is 29.6 Å². The molecule has 4 rings (SSSR count). The Morgan fingerprint density at radius 2 is 1.40 bits per heavy atom. The molecule has 4 aliphatic rings. The van der Waals surface area contributed by atoms with E-state index in [9.17, 15) is 0 Å². The Balaban J connectivity index is 0.000000258. The highest BCUT2D eigenvalue weighted by Gasteiger charge is 2.47. The summed E-state index contributed by atoms with van der Waals surface area (Å²) in [5, 5.41) is 0. The second-order valence-electron chi connectivity index (χ2n) is 5.33. The van der Waals surface area contributed by atoms with Crippen LogP contribution in [0.15, 0.2) is 0 Å². The third kappa shape index (κ3) is 2.94. The van der Waals surface area contributed by atoms with Crippen LogP contribution in [0.4, 0.5) is 0 Å². The predicted molar refractivity (Wildman–Crippen MR) is 74.2 cm³/mol. The molecular weight excluding hydrogens is 328 g/mol. The molecule has 3 heteroatoms. The molecule has 0 aromatic rings. The van der Waals surface area contributed by atoms with E-state index in [1.807, 2.05) is 5.92 Å². The quantitative estimate of drug-likeness (QED) is 0.601. The van der Waals surface area contributed by atoms with Crippen molar-refractivity contribution in [3.8, 4) is 0 Å². The molecule has 0 spiro atoms. The highest BCUT2D eigenvalue weighted by atomic mass is 79.9. The van der Waals surface area contributed by atoms with E-state index in [0.29, 0.717) is 0 Å². The monoisotopic (exact) mass is 345 g/mol. The normalized spacial score (nSPS) is 42.1. The van der Waals surface area contributed by atoms with Gasteiger partial charge in [-0.25, -0.2) is 0 Å². The number of rotatable bonds is 1. The maximum atomic E-state index is 3.20. The summed E-state index contributed by atoms with van der Waals surface area (Å²) in [7, 11) is 0. The van der Waals surface area contributed by atoms with Gasteiger partial charge in [0.2, 0.25) is 0 Å². The summed E-state index contributed by atoms with van der Waals surface area (Å²) in [4.78, 5) is 0. The molecule has 0 aliphatic heterocycles. The van der Waals surface area contributed by atoms with Crippen molar-refractivity contribution in [2.75, 3.05) is 0 Å². The minimum Gasteiger partial charge on any atom is -0.280 e. The van der Waals surface area contributed by atoms with Crippen molar-refractivity contribution in [3.63, 3.8) is 0 Å². The van der Waals surface area contributed by atoms with Gasteiger partial charge in [-0.05, 0) is 68.1 Å². The SMILES string of the molecule is CC[C]1C2CC3CC(C2)CC1C3.[Br][Mg][Br]. The molecule has 1 radical (unpaired) electrons. The maximum Gasteiger partial charge on any atom is 0.560 e. The molecular formula is C12H19Br2Mg. The Bertz CT molecular complexity index is 180. The standard InChI is InChI=1S/C12H19.2BrH.Mg/c1-2-12-10-4-8-3-9(6-10)7-11(12)5-8;;;/h8-11H,2-7H2,1H3;2*1H;/q;;;+2/p-2. The van der Waals surface area contributed by atoms with Gasteiger partial charge in [-0.3, -0.25) is 25.8 Å². The molecule has 0 heterocycles. The Morgan fingerprint density at radius 3 is 1.73 bits per heavy atom. The summed E-state index contributed by atoms with van der Waals surface area (Å²) in [6, 6.07) is 0. The largest absolute Gasteiger partial charge is 0.560 e. The van der Waals surface area contributed by atoms with Crippen LogP contribution >= 0.6 is 25.8 Å². The van der Waals surface area contributed by atoms with Crippen LogP contribution in [0.25, 0.3) is 0 Å². The summed E-state index contributed by atoms with van der Waals surface area (Å²) < 4.78 is 0. The Morgan fingerprint density at radius 1 is 1.00 bits per heavy atom. The van der Waals surface area contributed by atoms with Crippen molar-refractivity contribution in [1.82, 2.24) is 0 Å². The lowest BCUT2D eigenvalue weighted by molar-refractivity contribution is 0.0385. The molecule has 83 valence electrons. The Labute approximate surface area is 116 Å². The van der Waals surface area contributed by atoms with Crippen molar-refractivity contribution in [2.45, 2.75) is 45.4 Å². The van der Waals surface area contributed by atoms with Crippen LogP contribution in [-0.2, 0) is 0 Å². The van der Waals surface area contributed by atoms with Crippen molar-refractivity contribution in [2.24, 2.45) is 23.7 Å². The molecule has 0 atom stereocenters. The summed E-state index contributed by atoms with van der Waals surface area (Å²) >= 11 is 6.44. The van der Waals surface area contributed by atoms with E-state index in [1.54, 1.807) is 32.1 Å². The first-order valence-electron chi connectivity index (χ1n) is 6.26. The highest BCUT2D eigenvalue weighted by molar-refractivity contribution is 9.47. The molecule has 4 aliphatic carbocycles. The summed E-state index contributed by atoms with van der Waals surface area (Å²) in [5.74, 6) is 6.39. The van der Waals surface area contributed by atoms with Crippen molar-refractivity contribution in [3.05, 3.63) is 5.92 Å². The fourth-order valence-corrected chi connectivity index (χ4v) is 4.37. The highest BCUT2D eigenvalue weighted by Crippen LogP contribution is 2.58.